The maximum absolute atomic E-state index is 4.56. The smallest absolute Gasteiger partial charge is 0.0959 e. The van der Waals surface area contributed by atoms with E-state index in [-0.39, 0.29) is 0 Å². The van der Waals surface area contributed by atoms with E-state index in [1.165, 1.54) is 31.5 Å². The number of rotatable bonds is 5. The second kappa shape index (κ2) is 6.58. The molecular formula is C15H24N2S. The third-order valence-electron chi connectivity index (χ3n) is 3.40. The van der Waals surface area contributed by atoms with E-state index in [2.05, 4.69) is 49.0 Å². The summed E-state index contributed by atoms with van der Waals surface area (Å²) in [5.41, 5.74) is 1.40. The van der Waals surface area contributed by atoms with Gasteiger partial charge in [0.15, 0.2) is 0 Å². The molecule has 0 bridgehead atoms. The number of nitrogens with zero attached hydrogens (tertiary/aromatic N) is 2. The van der Waals surface area contributed by atoms with Gasteiger partial charge in [0.1, 0.15) is 0 Å². The molecule has 1 fully saturated rings. The Hall–Kier alpha value is -0.540. The molecule has 0 saturated carbocycles. The maximum Gasteiger partial charge on any atom is 0.0959 e. The molecule has 2 heterocycles. The van der Waals surface area contributed by atoms with Crippen LogP contribution < -0.4 is 0 Å². The van der Waals surface area contributed by atoms with Gasteiger partial charge >= 0.3 is 0 Å². The number of aromatic nitrogens is 1. The van der Waals surface area contributed by atoms with Crippen LogP contribution in [0.2, 0.25) is 0 Å². The molecule has 0 amide bonds. The number of likely N-dealkylation sites (tertiary alicyclic amines) is 1. The van der Waals surface area contributed by atoms with Gasteiger partial charge in [0, 0.05) is 18.8 Å². The van der Waals surface area contributed by atoms with E-state index < -0.39 is 0 Å². The van der Waals surface area contributed by atoms with Gasteiger partial charge in [-0.3, -0.25) is 4.90 Å². The Bertz CT molecular complexity index is 361. The lowest BCUT2D eigenvalue weighted by Gasteiger charge is -2.26. The van der Waals surface area contributed by atoms with Gasteiger partial charge in [0.05, 0.1) is 5.03 Å². The molecule has 0 N–H and O–H groups in total. The molecule has 1 aliphatic heterocycles. The highest BCUT2D eigenvalue weighted by molar-refractivity contribution is 7.99. The van der Waals surface area contributed by atoms with Crippen molar-refractivity contribution in [1.82, 2.24) is 9.88 Å². The van der Waals surface area contributed by atoms with Gasteiger partial charge < -0.3 is 0 Å². The van der Waals surface area contributed by atoms with Crippen molar-refractivity contribution >= 4 is 11.8 Å². The van der Waals surface area contributed by atoms with Crippen LogP contribution >= 0.6 is 11.8 Å². The number of hydrogen-bond donors (Lipinski definition) is 0. The molecule has 3 heteroatoms. The van der Waals surface area contributed by atoms with Crippen LogP contribution in [-0.4, -0.2) is 28.7 Å². The lowest BCUT2D eigenvalue weighted by Crippen LogP contribution is -2.27. The minimum absolute atomic E-state index is 0.598. The topological polar surface area (TPSA) is 16.1 Å². The highest BCUT2D eigenvalue weighted by atomic mass is 32.2. The average molecular weight is 264 g/mol. The second-order valence-electron chi connectivity index (χ2n) is 5.41. The molecule has 0 aliphatic carbocycles. The van der Waals surface area contributed by atoms with Crippen LogP contribution in [0.5, 0.6) is 0 Å². The number of thioether (sulfide) groups is 1. The van der Waals surface area contributed by atoms with Gasteiger partial charge in [-0.1, -0.05) is 26.8 Å². The minimum atomic E-state index is 0.598. The molecule has 0 radical (unpaired) electrons. The maximum atomic E-state index is 4.56. The molecule has 1 atom stereocenters. The van der Waals surface area contributed by atoms with E-state index in [1.54, 1.807) is 0 Å². The Labute approximate surface area is 115 Å². The van der Waals surface area contributed by atoms with Crippen LogP contribution in [0.15, 0.2) is 23.4 Å². The quantitative estimate of drug-likeness (QED) is 0.748. The first kappa shape index (κ1) is 13.9. The Morgan fingerprint density at radius 3 is 2.89 bits per heavy atom. The minimum Gasteiger partial charge on any atom is -0.296 e. The monoisotopic (exact) mass is 264 g/mol. The molecule has 0 aromatic carbocycles. The molecular weight excluding hydrogens is 240 g/mol. The van der Waals surface area contributed by atoms with Crippen LogP contribution in [0.4, 0.5) is 0 Å². The predicted octanol–water partition coefficient (Wildman–Crippen LogP) is 3.99. The Morgan fingerprint density at radius 1 is 1.44 bits per heavy atom. The number of hydrogen-bond acceptors (Lipinski definition) is 3. The van der Waals surface area contributed by atoms with E-state index in [0.29, 0.717) is 6.04 Å². The van der Waals surface area contributed by atoms with Gasteiger partial charge in [-0.25, -0.2) is 4.98 Å². The molecule has 2 nitrogen and oxygen atoms in total. The highest BCUT2D eigenvalue weighted by Gasteiger charge is 2.26. The zero-order chi connectivity index (χ0) is 13.0. The van der Waals surface area contributed by atoms with E-state index in [4.69, 9.17) is 0 Å². The Kier molecular flexibility index (Phi) is 5.07. The predicted molar refractivity (Wildman–Crippen MR) is 79.0 cm³/mol. The highest BCUT2D eigenvalue weighted by Crippen LogP contribution is 2.32. The van der Waals surface area contributed by atoms with Crippen molar-refractivity contribution in [2.45, 2.75) is 44.7 Å². The van der Waals surface area contributed by atoms with E-state index in [1.807, 2.05) is 11.8 Å². The van der Waals surface area contributed by atoms with Crippen molar-refractivity contribution in [2.24, 2.45) is 5.92 Å². The van der Waals surface area contributed by atoms with Gasteiger partial charge in [0.2, 0.25) is 0 Å². The third-order valence-corrected chi connectivity index (χ3v) is 4.23. The van der Waals surface area contributed by atoms with Gasteiger partial charge in [0.25, 0.3) is 0 Å². The van der Waals surface area contributed by atoms with Crippen LogP contribution in [0.25, 0.3) is 0 Å². The van der Waals surface area contributed by atoms with Crippen molar-refractivity contribution in [3.05, 3.63) is 23.9 Å². The van der Waals surface area contributed by atoms with Crippen LogP contribution in [0.1, 0.15) is 45.2 Å². The van der Waals surface area contributed by atoms with Crippen molar-refractivity contribution in [3.63, 3.8) is 0 Å². The summed E-state index contributed by atoms with van der Waals surface area (Å²) in [5.74, 6) is 1.84. The largest absolute Gasteiger partial charge is 0.296 e. The summed E-state index contributed by atoms with van der Waals surface area (Å²) in [5, 5.41) is 1.15. The van der Waals surface area contributed by atoms with Crippen LogP contribution in [0.3, 0.4) is 0 Å². The van der Waals surface area contributed by atoms with Crippen molar-refractivity contribution in [1.29, 1.82) is 0 Å². The second-order valence-corrected chi connectivity index (χ2v) is 6.69. The molecule has 1 aromatic rings. The molecule has 0 unspecified atom stereocenters. The standard InChI is InChI=1S/C15H24N2S/c1-4-18-15-8-7-13(10-16-15)14-6-5-9-17(14)11-12(2)3/h7-8,10,12,14H,4-6,9,11H2,1-3H3/t14-/m0/s1. The Balaban J connectivity index is 2.05. The first-order valence-electron chi connectivity index (χ1n) is 7.03. The average Bonchev–Trinajstić information content (AvgIpc) is 2.78. The van der Waals surface area contributed by atoms with Crippen molar-refractivity contribution < 1.29 is 0 Å². The molecule has 0 spiro atoms. The van der Waals surface area contributed by atoms with Crippen molar-refractivity contribution in [2.75, 3.05) is 18.8 Å². The lowest BCUT2D eigenvalue weighted by molar-refractivity contribution is 0.228. The molecule has 1 aromatic heterocycles. The fourth-order valence-corrected chi connectivity index (χ4v) is 3.30. The number of pyridine rings is 1. The molecule has 18 heavy (non-hydrogen) atoms. The van der Waals surface area contributed by atoms with Gasteiger partial charge in [-0.15, -0.1) is 11.8 Å². The fourth-order valence-electron chi connectivity index (χ4n) is 2.71. The molecule has 1 saturated heterocycles. The van der Waals surface area contributed by atoms with Crippen LogP contribution in [-0.2, 0) is 0 Å². The van der Waals surface area contributed by atoms with E-state index in [0.717, 1.165) is 16.7 Å². The fraction of sp³-hybridized carbons (Fsp3) is 0.667. The summed E-state index contributed by atoms with van der Waals surface area (Å²) in [6, 6.07) is 5.05. The van der Waals surface area contributed by atoms with Gasteiger partial charge in [-0.05, 0) is 42.7 Å². The zero-order valence-corrected chi connectivity index (χ0v) is 12.5. The van der Waals surface area contributed by atoms with E-state index in [9.17, 15) is 0 Å². The Morgan fingerprint density at radius 2 is 2.28 bits per heavy atom. The first-order chi connectivity index (χ1) is 8.70. The first-order valence-corrected chi connectivity index (χ1v) is 8.02. The molecule has 2 rings (SSSR count). The van der Waals surface area contributed by atoms with E-state index >= 15 is 0 Å². The summed E-state index contributed by atoms with van der Waals surface area (Å²) in [6.45, 7) is 9.22. The van der Waals surface area contributed by atoms with Crippen molar-refractivity contribution in [3.8, 4) is 0 Å². The normalized spacial score (nSPS) is 20.8. The molecule has 100 valence electrons. The summed E-state index contributed by atoms with van der Waals surface area (Å²) in [6.07, 6.45) is 4.69. The van der Waals surface area contributed by atoms with Gasteiger partial charge in [-0.2, -0.15) is 0 Å². The van der Waals surface area contributed by atoms with Crippen LogP contribution in [0, 0.1) is 5.92 Å². The summed E-state index contributed by atoms with van der Waals surface area (Å²) < 4.78 is 0. The third kappa shape index (κ3) is 3.48. The zero-order valence-electron chi connectivity index (χ0n) is 11.7. The summed E-state index contributed by atoms with van der Waals surface area (Å²) >= 11 is 1.81. The summed E-state index contributed by atoms with van der Waals surface area (Å²) in [4.78, 5) is 7.18. The molecule has 1 aliphatic rings. The SMILES string of the molecule is CCSc1ccc([C@@H]2CCCN2CC(C)C)cn1. The lowest BCUT2D eigenvalue weighted by atomic mass is 10.1. The summed E-state index contributed by atoms with van der Waals surface area (Å²) in [7, 11) is 0.